The fraction of sp³-hybridized carbons (Fsp3) is 0.160. The second-order valence-corrected chi connectivity index (χ2v) is 6.78. The third-order valence-corrected chi connectivity index (χ3v) is 4.56. The first-order chi connectivity index (χ1) is 16.2. The lowest BCUT2D eigenvalue weighted by atomic mass is 10.2. The van der Waals surface area contributed by atoms with Crippen LogP contribution in [-0.2, 0) is 0 Å². The van der Waals surface area contributed by atoms with Crippen molar-refractivity contribution in [1.29, 1.82) is 0 Å². The summed E-state index contributed by atoms with van der Waals surface area (Å²) in [5, 5.41) is 0. The molecule has 1 aliphatic heterocycles. The molecular weight excluding hydrogens is 420 g/mol. The molecule has 0 fully saturated rings. The number of nitrogens with zero attached hydrogens (tertiary/aromatic N) is 3. The van der Waals surface area contributed by atoms with Crippen molar-refractivity contribution in [1.82, 2.24) is 0 Å². The van der Waals surface area contributed by atoms with E-state index in [0.717, 1.165) is 0 Å². The summed E-state index contributed by atoms with van der Waals surface area (Å²) in [6.07, 6.45) is 0. The van der Waals surface area contributed by atoms with Crippen molar-refractivity contribution >= 4 is 34.6 Å². The van der Waals surface area contributed by atoms with E-state index in [-0.39, 0.29) is 6.61 Å². The number of anilines is 1. The Balaban J connectivity index is 1.55. The molecule has 3 aromatic carbocycles. The van der Waals surface area contributed by atoms with Gasteiger partial charge in [0.05, 0.1) is 5.69 Å². The highest BCUT2D eigenvalue weighted by Gasteiger charge is 2.13. The van der Waals surface area contributed by atoms with Gasteiger partial charge in [0.1, 0.15) is 72.5 Å². The molecule has 2 N–H and O–H groups in total. The SMILES string of the molecule is C=C=Nc1cc2c(cc1OCCOc1ccccc1N)OCCOc1ccccc1N=C=N2. The van der Waals surface area contributed by atoms with Crippen LogP contribution in [0.1, 0.15) is 0 Å². The van der Waals surface area contributed by atoms with Crippen LogP contribution >= 0.6 is 0 Å². The normalized spacial score (nSPS) is 12.1. The Morgan fingerprint density at radius 1 is 0.909 bits per heavy atom. The number of aliphatic imine (C=N–C) groups is 3. The molecule has 3 aromatic rings. The van der Waals surface area contributed by atoms with E-state index in [1.54, 1.807) is 24.3 Å². The van der Waals surface area contributed by atoms with Crippen LogP contribution in [0, 0.1) is 0 Å². The van der Waals surface area contributed by atoms with Crippen LogP contribution in [0.5, 0.6) is 23.0 Å². The summed E-state index contributed by atoms with van der Waals surface area (Å²) >= 11 is 0. The number of ether oxygens (including phenoxy) is 4. The van der Waals surface area contributed by atoms with Crippen molar-refractivity contribution < 1.29 is 18.9 Å². The van der Waals surface area contributed by atoms with Gasteiger partial charge >= 0.3 is 0 Å². The Kier molecular flexibility index (Phi) is 7.03. The number of para-hydroxylation sites is 4. The van der Waals surface area contributed by atoms with E-state index in [1.165, 1.54) is 0 Å². The molecule has 1 heterocycles. The Morgan fingerprint density at radius 2 is 1.61 bits per heavy atom. The summed E-state index contributed by atoms with van der Waals surface area (Å²) in [6, 6.07) is 20.8. The lowest BCUT2D eigenvalue weighted by Crippen LogP contribution is -2.11. The Hall–Kier alpha value is -4.51. The first kappa shape index (κ1) is 21.7. The van der Waals surface area contributed by atoms with Gasteiger partial charge in [-0.15, -0.1) is 0 Å². The second kappa shape index (κ2) is 10.7. The van der Waals surface area contributed by atoms with Gasteiger partial charge in [0.15, 0.2) is 0 Å². The minimum atomic E-state index is 0.260. The average Bonchev–Trinajstić information content (AvgIpc) is 2.86. The van der Waals surface area contributed by atoms with Gasteiger partial charge in [0, 0.05) is 6.07 Å². The Morgan fingerprint density at radius 3 is 2.42 bits per heavy atom. The van der Waals surface area contributed by atoms with Gasteiger partial charge in [-0.2, -0.15) is 9.98 Å². The van der Waals surface area contributed by atoms with Crippen LogP contribution in [0.15, 0.2) is 82.2 Å². The smallest absolute Gasteiger partial charge is 0.149 e. The Labute approximate surface area is 191 Å². The molecule has 0 saturated carbocycles. The van der Waals surface area contributed by atoms with Gasteiger partial charge in [-0.3, -0.25) is 0 Å². The largest absolute Gasteiger partial charge is 0.488 e. The molecule has 0 aromatic heterocycles. The summed E-state index contributed by atoms with van der Waals surface area (Å²) in [5.74, 6) is 4.72. The van der Waals surface area contributed by atoms with E-state index in [2.05, 4.69) is 33.4 Å². The molecule has 8 heteroatoms. The zero-order valence-corrected chi connectivity index (χ0v) is 17.9. The van der Waals surface area contributed by atoms with Crippen molar-refractivity contribution in [2.24, 2.45) is 15.0 Å². The number of fused-ring (bicyclic) bond motifs is 2. The molecule has 0 saturated heterocycles. The van der Waals surface area contributed by atoms with Crippen LogP contribution in [-0.4, -0.2) is 38.3 Å². The second-order valence-electron chi connectivity index (χ2n) is 6.78. The summed E-state index contributed by atoms with van der Waals surface area (Å²) in [6.45, 7) is 4.74. The van der Waals surface area contributed by atoms with Crippen LogP contribution in [0.3, 0.4) is 0 Å². The number of rotatable bonds is 6. The standard InChI is InChI=1S/C25H22N4O4/c1-2-27-20-15-21-25(16-24(20)32-13-11-30-22-9-5-3-7-18(22)26)33-14-12-31-23-10-6-4-8-19(23)28-17-29-21/h3-10,15-16H,1,11-14,26H2. The van der Waals surface area contributed by atoms with Gasteiger partial charge in [-0.25, -0.2) is 4.99 Å². The molecule has 0 atom stereocenters. The molecule has 8 nitrogen and oxygen atoms in total. The van der Waals surface area contributed by atoms with Gasteiger partial charge in [0.25, 0.3) is 0 Å². The van der Waals surface area contributed by atoms with Gasteiger partial charge in [-0.1, -0.05) is 24.3 Å². The molecule has 0 spiro atoms. The third-order valence-electron chi connectivity index (χ3n) is 4.56. The van der Waals surface area contributed by atoms with E-state index < -0.39 is 0 Å². The van der Waals surface area contributed by atoms with Crippen LogP contribution in [0.2, 0.25) is 0 Å². The van der Waals surface area contributed by atoms with E-state index in [4.69, 9.17) is 24.7 Å². The zero-order valence-electron chi connectivity index (χ0n) is 17.9. The minimum absolute atomic E-state index is 0.260. The quantitative estimate of drug-likeness (QED) is 0.324. The molecule has 0 bridgehead atoms. The highest BCUT2D eigenvalue weighted by Crippen LogP contribution is 2.40. The topological polar surface area (TPSA) is 100 Å². The van der Waals surface area contributed by atoms with E-state index >= 15 is 0 Å². The van der Waals surface area contributed by atoms with Crippen molar-refractivity contribution in [3.8, 4) is 23.0 Å². The Bertz CT molecular complexity index is 1240. The molecule has 0 amide bonds. The maximum atomic E-state index is 5.90. The summed E-state index contributed by atoms with van der Waals surface area (Å²) < 4.78 is 23.2. The highest BCUT2D eigenvalue weighted by atomic mass is 16.5. The van der Waals surface area contributed by atoms with Crippen LogP contribution in [0.25, 0.3) is 0 Å². The van der Waals surface area contributed by atoms with Gasteiger partial charge < -0.3 is 24.7 Å². The highest BCUT2D eigenvalue weighted by molar-refractivity contribution is 5.73. The zero-order chi connectivity index (χ0) is 22.9. The summed E-state index contributed by atoms with van der Waals surface area (Å²) in [4.78, 5) is 12.8. The predicted octanol–water partition coefficient (Wildman–Crippen LogP) is 5.12. The number of benzene rings is 3. The number of hydrogen-bond acceptors (Lipinski definition) is 8. The summed E-state index contributed by atoms with van der Waals surface area (Å²) in [5.41, 5.74) is 8.08. The first-order valence-electron chi connectivity index (χ1n) is 10.3. The van der Waals surface area contributed by atoms with Gasteiger partial charge in [0.2, 0.25) is 0 Å². The van der Waals surface area contributed by atoms with Crippen molar-refractivity contribution in [3.63, 3.8) is 0 Å². The molecule has 1 aliphatic rings. The van der Waals surface area contributed by atoms with Crippen molar-refractivity contribution in [2.75, 3.05) is 32.2 Å². The van der Waals surface area contributed by atoms with Crippen molar-refractivity contribution in [2.45, 2.75) is 0 Å². The molecule has 4 rings (SSSR count). The van der Waals surface area contributed by atoms with E-state index in [0.29, 0.717) is 65.6 Å². The van der Waals surface area contributed by atoms with Crippen molar-refractivity contribution in [3.05, 3.63) is 67.2 Å². The fourth-order valence-electron chi connectivity index (χ4n) is 3.05. The monoisotopic (exact) mass is 442 g/mol. The number of nitrogen functional groups attached to an aromatic ring is 1. The predicted molar refractivity (Wildman–Crippen MR) is 128 cm³/mol. The average molecular weight is 442 g/mol. The maximum Gasteiger partial charge on any atom is 0.149 e. The molecule has 33 heavy (non-hydrogen) atoms. The van der Waals surface area contributed by atoms with E-state index in [9.17, 15) is 0 Å². The van der Waals surface area contributed by atoms with Crippen LogP contribution in [0.4, 0.5) is 22.7 Å². The van der Waals surface area contributed by atoms with Gasteiger partial charge in [-0.05, 0) is 42.8 Å². The molecular formula is C25H22N4O4. The third kappa shape index (κ3) is 5.60. The fourth-order valence-corrected chi connectivity index (χ4v) is 3.05. The number of nitrogens with two attached hydrogens (primary N) is 1. The molecule has 0 radical (unpaired) electrons. The lowest BCUT2D eigenvalue weighted by Gasteiger charge is -2.14. The van der Waals surface area contributed by atoms with Crippen LogP contribution < -0.4 is 24.7 Å². The molecule has 0 aliphatic carbocycles. The molecule has 166 valence electrons. The number of hydrogen-bond donors (Lipinski definition) is 1. The lowest BCUT2D eigenvalue weighted by molar-refractivity contribution is 0.211. The maximum absolute atomic E-state index is 5.90. The minimum Gasteiger partial charge on any atom is -0.488 e. The summed E-state index contributed by atoms with van der Waals surface area (Å²) in [7, 11) is 0. The first-order valence-corrected chi connectivity index (χ1v) is 10.3. The van der Waals surface area contributed by atoms with E-state index in [1.807, 2.05) is 36.4 Å². The molecule has 0 unspecified atom stereocenters.